The van der Waals surface area contributed by atoms with Crippen LogP contribution in [0.15, 0.2) is 18.2 Å². The van der Waals surface area contributed by atoms with Gasteiger partial charge in [-0.3, -0.25) is 9.59 Å². The van der Waals surface area contributed by atoms with Crippen molar-refractivity contribution in [3.8, 4) is 0 Å². The molecule has 2 fully saturated rings. The average molecular weight is 359 g/mol. The quantitative estimate of drug-likeness (QED) is 0.896. The van der Waals surface area contributed by atoms with E-state index in [0.29, 0.717) is 32.3 Å². The summed E-state index contributed by atoms with van der Waals surface area (Å²) in [5, 5.41) is 3.21. The highest BCUT2D eigenvalue weighted by atomic mass is 16.5. The number of nitrogens with zero attached hydrogens (tertiary/aromatic N) is 2. The van der Waals surface area contributed by atoms with Gasteiger partial charge in [-0.1, -0.05) is 0 Å². The summed E-state index contributed by atoms with van der Waals surface area (Å²) < 4.78 is 5.27. The van der Waals surface area contributed by atoms with Gasteiger partial charge in [0.05, 0.1) is 19.8 Å². The first kappa shape index (κ1) is 18.7. The Labute approximate surface area is 155 Å². The molecule has 2 aliphatic rings. The molecule has 26 heavy (non-hydrogen) atoms. The minimum absolute atomic E-state index is 0.0787. The van der Waals surface area contributed by atoms with E-state index < -0.39 is 0 Å². The highest BCUT2D eigenvalue weighted by molar-refractivity contribution is 5.95. The van der Waals surface area contributed by atoms with Gasteiger partial charge in [-0.05, 0) is 56.9 Å². The Morgan fingerprint density at radius 1 is 1.19 bits per heavy atom. The molecule has 2 amide bonds. The van der Waals surface area contributed by atoms with Crippen LogP contribution in [0.25, 0.3) is 0 Å². The van der Waals surface area contributed by atoms with Crippen LogP contribution in [-0.2, 0) is 9.53 Å². The highest BCUT2D eigenvalue weighted by Crippen LogP contribution is 2.22. The molecule has 2 heterocycles. The Balaban J connectivity index is 1.60. The second-order valence-electron chi connectivity index (χ2n) is 7.22. The van der Waals surface area contributed by atoms with Crippen LogP contribution in [0.4, 0.5) is 5.69 Å². The summed E-state index contributed by atoms with van der Waals surface area (Å²) in [7, 11) is 0. The number of morpholine rings is 1. The maximum Gasteiger partial charge on any atom is 0.254 e. The predicted molar refractivity (Wildman–Crippen MR) is 101 cm³/mol. The summed E-state index contributed by atoms with van der Waals surface area (Å²) in [6.45, 7) is 7.72. The zero-order chi connectivity index (χ0) is 18.5. The van der Waals surface area contributed by atoms with Gasteiger partial charge in [-0.25, -0.2) is 0 Å². The van der Waals surface area contributed by atoms with Gasteiger partial charge in [0, 0.05) is 36.9 Å². The number of amides is 2. The number of anilines is 1. The van der Waals surface area contributed by atoms with Crippen LogP contribution in [0.5, 0.6) is 0 Å². The topological polar surface area (TPSA) is 61.9 Å². The molecular weight excluding hydrogens is 330 g/mol. The normalized spacial score (nSPS) is 20.8. The Kier molecular flexibility index (Phi) is 6.14. The first-order valence-corrected chi connectivity index (χ1v) is 9.57. The van der Waals surface area contributed by atoms with E-state index in [1.165, 1.54) is 6.42 Å². The second-order valence-corrected chi connectivity index (χ2v) is 7.22. The number of aryl methyl sites for hydroxylation is 1. The molecule has 2 saturated heterocycles. The lowest BCUT2D eigenvalue weighted by Crippen LogP contribution is -2.43. The van der Waals surface area contributed by atoms with Crippen LogP contribution in [0.3, 0.4) is 0 Å². The third-order valence-corrected chi connectivity index (χ3v) is 5.33. The molecule has 1 N–H and O–H groups in total. The Hall–Kier alpha value is -2.08. The van der Waals surface area contributed by atoms with Crippen LogP contribution < -0.4 is 5.32 Å². The van der Waals surface area contributed by atoms with E-state index in [1.54, 1.807) is 0 Å². The average Bonchev–Trinajstić information content (AvgIpc) is 2.67. The van der Waals surface area contributed by atoms with Crippen molar-refractivity contribution in [3.63, 3.8) is 0 Å². The smallest absolute Gasteiger partial charge is 0.254 e. The van der Waals surface area contributed by atoms with Crippen LogP contribution in [-0.4, -0.2) is 67.0 Å². The number of likely N-dealkylation sites (tertiary alicyclic amines) is 1. The van der Waals surface area contributed by atoms with E-state index in [4.69, 9.17) is 4.74 Å². The Morgan fingerprint density at radius 2 is 1.96 bits per heavy atom. The van der Waals surface area contributed by atoms with E-state index in [2.05, 4.69) is 12.2 Å². The highest BCUT2D eigenvalue weighted by Gasteiger charge is 2.24. The number of ether oxygens (including phenoxy) is 1. The zero-order valence-corrected chi connectivity index (χ0v) is 15.8. The number of hydrogen-bond donors (Lipinski definition) is 1. The first-order chi connectivity index (χ1) is 12.6. The van der Waals surface area contributed by atoms with Gasteiger partial charge in [0.1, 0.15) is 0 Å². The van der Waals surface area contributed by atoms with E-state index in [0.717, 1.165) is 36.2 Å². The largest absolute Gasteiger partial charge is 0.378 e. The lowest BCUT2D eigenvalue weighted by atomic mass is 10.0. The predicted octanol–water partition coefficient (Wildman–Crippen LogP) is 2.28. The zero-order valence-electron chi connectivity index (χ0n) is 15.8. The van der Waals surface area contributed by atoms with Crippen molar-refractivity contribution in [2.75, 3.05) is 44.7 Å². The number of rotatable bonds is 4. The molecule has 2 aliphatic heterocycles. The second kappa shape index (κ2) is 8.54. The molecule has 0 spiro atoms. The third-order valence-electron chi connectivity index (χ3n) is 5.33. The number of piperidine rings is 1. The number of carbonyl (C=O) groups is 2. The van der Waals surface area contributed by atoms with Crippen molar-refractivity contribution in [1.82, 2.24) is 9.80 Å². The fourth-order valence-corrected chi connectivity index (χ4v) is 3.66. The van der Waals surface area contributed by atoms with Gasteiger partial charge in [0.15, 0.2) is 0 Å². The van der Waals surface area contributed by atoms with Crippen LogP contribution in [0, 0.1) is 6.92 Å². The molecule has 0 saturated carbocycles. The monoisotopic (exact) mass is 359 g/mol. The summed E-state index contributed by atoms with van der Waals surface area (Å²) in [6.07, 6.45) is 3.36. The molecule has 3 rings (SSSR count). The minimum Gasteiger partial charge on any atom is -0.378 e. The maximum absolute atomic E-state index is 12.8. The molecule has 0 bridgehead atoms. The van der Waals surface area contributed by atoms with Crippen molar-refractivity contribution >= 4 is 17.5 Å². The lowest BCUT2D eigenvalue weighted by Gasteiger charge is -2.33. The van der Waals surface area contributed by atoms with Crippen LogP contribution in [0.2, 0.25) is 0 Å². The van der Waals surface area contributed by atoms with Crippen LogP contribution >= 0.6 is 0 Å². The summed E-state index contributed by atoms with van der Waals surface area (Å²) >= 11 is 0. The number of nitrogens with one attached hydrogen (secondary N) is 1. The minimum atomic E-state index is 0.0787. The van der Waals surface area contributed by atoms with E-state index in [-0.39, 0.29) is 18.4 Å². The van der Waals surface area contributed by atoms with E-state index >= 15 is 0 Å². The van der Waals surface area contributed by atoms with Gasteiger partial charge in [-0.15, -0.1) is 0 Å². The van der Waals surface area contributed by atoms with Crippen molar-refractivity contribution in [2.45, 2.75) is 39.2 Å². The molecule has 6 nitrogen and oxygen atoms in total. The van der Waals surface area contributed by atoms with Crippen molar-refractivity contribution in [2.24, 2.45) is 0 Å². The van der Waals surface area contributed by atoms with Gasteiger partial charge in [0.25, 0.3) is 5.91 Å². The Morgan fingerprint density at radius 3 is 2.65 bits per heavy atom. The molecule has 1 aromatic carbocycles. The molecule has 0 unspecified atom stereocenters. The fourth-order valence-electron chi connectivity index (χ4n) is 3.66. The lowest BCUT2D eigenvalue weighted by molar-refractivity contribution is -0.133. The third kappa shape index (κ3) is 4.36. The molecular formula is C20H29N3O3. The summed E-state index contributed by atoms with van der Waals surface area (Å²) in [4.78, 5) is 28.8. The van der Waals surface area contributed by atoms with Gasteiger partial charge >= 0.3 is 0 Å². The molecule has 1 aromatic rings. The molecule has 0 aromatic heterocycles. The van der Waals surface area contributed by atoms with Crippen molar-refractivity contribution in [1.29, 1.82) is 0 Å². The van der Waals surface area contributed by atoms with Crippen molar-refractivity contribution in [3.05, 3.63) is 29.3 Å². The molecule has 0 aliphatic carbocycles. The SMILES string of the molecule is Cc1cc(C(=O)N2CCCC[C@@H]2C)ccc1NCC(=O)N1CCOCC1. The maximum atomic E-state index is 12.8. The summed E-state index contributed by atoms with van der Waals surface area (Å²) in [6, 6.07) is 5.99. The molecule has 0 radical (unpaired) electrons. The first-order valence-electron chi connectivity index (χ1n) is 9.57. The summed E-state index contributed by atoms with van der Waals surface area (Å²) in [5.41, 5.74) is 2.60. The molecule has 142 valence electrons. The molecule has 6 heteroatoms. The fraction of sp³-hybridized carbons (Fsp3) is 0.600. The number of carbonyl (C=O) groups excluding carboxylic acids is 2. The van der Waals surface area contributed by atoms with Crippen molar-refractivity contribution < 1.29 is 14.3 Å². The Bertz CT molecular complexity index is 656. The number of benzene rings is 1. The van der Waals surface area contributed by atoms with Gasteiger partial charge < -0.3 is 19.9 Å². The molecule has 1 atom stereocenters. The standard InChI is InChI=1S/C20H29N3O3/c1-15-13-17(20(25)23-8-4-3-5-16(23)2)6-7-18(15)21-14-19(24)22-9-11-26-12-10-22/h6-7,13,16,21H,3-5,8-12,14H2,1-2H3/t16-/m0/s1. The van der Waals surface area contributed by atoms with Crippen LogP contribution in [0.1, 0.15) is 42.1 Å². The number of hydrogen-bond acceptors (Lipinski definition) is 4. The van der Waals surface area contributed by atoms with Gasteiger partial charge in [0.2, 0.25) is 5.91 Å². The van der Waals surface area contributed by atoms with E-state index in [1.807, 2.05) is 34.9 Å². The summed E-state index contributed by atoms with van der Waals surface area (Å²) in [5.74, 6) is 0.186. The van der Waals surface area contributed by atoms with Gasteiger partial charge in [-0.2, -0.15) is 0 Å². The van der Waals surface area contributed by atoms with E-state index in [9.17, 15) is 9.59 Å².